The minimum Gasteiger partial charge on any atom is -0.489 e. The molecule has 0 fully saturated rings. The third-order valence-corrected chi connectivity index (χ3v) is 4.66. The predicted molar refractivity (Wildman–Crippen MR) is 122 cm³/mol. The Balaban J connectivity index is 1.75. The maximum absolute atomic E-state index is 11.4. The van der Waals surface area contributed by atoms with Crippen LogP contribution in [0.5, 0.6) is 11.5 Å². The van der Waals surface area contributed by atoms with Crippen molar-refractivity contribution < 1.29 is 23.5 Å². The highest BCUT2D eigenvalue weighted by atomic mass is 35.5. The number of carbonyl (C=O) groups is 1. The molecule has 0 aliphatic rings. The summed E-state index contributed by atoms with van der Waals surface area (Å²) in [5, 5.41) is 4.57. The molecule has 0 N–H and O–H groups in total. The van der Waals surface area contributed by atoms with Crippen molar-refractivity contribution >= 4 is 17.6 Å². The Morgan fingerprint density at radius 1 is 1.22 bits per heavy atom. The number of halogens is 1. The molecule has 168 valence electrons. The van der Waals surface area contributed by atoms with Gasteiger partial charge in [0.2, 0.25) is 5.82 Å². The van der Waals surface area contributed by atoms with E-state index >= 15 is 0 Å². The molecule has 0 amide bonds. The van der Waals surface area contributed by atoms with Gasteiger partial charge in [0.05, 0.1) is 17.7 Å². The van der Waals surface area contributed by atoms with Crippen LogP contribution in [-0.4, -0.2) is 35.4 Å². The van der Waals surface area contributed by atoms with E-state index in [4.69, 9.17) is 30.3 Å². The molecule has 3 aromatic rings. The highest BCUT2D eigenvalue weighted by Gasteiger charge is 2.16. The van der Waals surface area contributed by atoms with Crippen molar-refractivity contribution in [2.24, 2.45) is 0 Å². The van der Waals surface area contributed by atoms with Crippen LogP contribution in [0.1, 0.15) is 26.3 Å². The van der Waals surface area contributed by atoms with Crippen LogP contribution in [0.15, 0.2) is 53.1 Å². The van der Waals surface area contributed by atoms with Gasteiger partial charge in [-0.15, -0.1) is 0 Å². The molecule has 0 radical (unpaired) electrons. The van der Waals surface area contributed by atoms with Crippen molar-refractivity contribution in [3.05, 3.63) is 59.1 Å². The summed E-state index contributed by atoms with van der Waals surface area (Å²) in [6.07, 6.45) is 2.97. The van der Waals surface area contributed by atoms with Crippen LogP contribution in [-0.2, 0) is 9.53 Å². The van der Waals surface area contributed by atoms with Crippen molar-refractivity contribution in [3.63, 3.8) is 0 Å². The van der Waals surface area contributed by atoms with Crippen LogP contribution < -0.4 is 9.47 Å². The second kappa shape index (κ2) is 10.8. The van der Waals surface area contributed by atoms with Gasteiger partial charge in [-0.25, -0.2) is 4.79 Å². The Hall–Kier alpha value is -3.32. The molecule has 0 aliphatic carbocycles. The van der Waals surface area contributed by atoms with Gasteiger partial charge in [-0.05, 0) is 64.1 Å². The number of hydrogen-bond acceptors (Lipinski definition) is 7. The lowest BCUT2D eigenvalue weighted by Crippen LogP contribution is -2.05. The highest BCUT2D eigenvalue weighted by Crippen LogP contribution is 2.33. The van der Waals surface area contributed by atoms with E-state index in [1.807, 2.05) is 45.0 Å². The number of hydrogen-bond donors (Lipinski definition) is 0. The Labute approximate surface area is 191 Å². The number of ether oxygens (including phenoxy) is 3. The monoisotopic (exact) mass is 456 g/mol. The van der Waals surface area contributed by atoms with Crippen molar-refractivity contribution in [1.82, 2.24) is 10.1 Å². The smallest absolute Gasteiger partial charge is 0.330 e. The van der Waals surface area contributed by atoms with Crippen molar-refractivity contribution in [1.29, 1.82) is 0 Å². The summed E-state index contributed by atoms with van der Waals surface area (Å²) in [6.45, 7) is 8.09. The van der Waals surface area contributed by atoms with E-state index in [0.717, 1.165) is 16.7 Å². The summed E-state index contributed by atoms with van der Waals surface area (Å²) in [5.74, 6) is 1.63. The molecule has 0 saturated heterocycles. The maximum Gasteiger partial charge on any atom is 0.330 e. The maximum atomic E-state index is 11.4. The van der Waals surface area contributed by atoms with E-state index in [9.17, 15) is 4.79 Å². The highest BCUT2D eigenvalue weighted by molar-refractivity contribution is 6.32. The average Bonchev–Trinajstić information content (AvgIpc) is 3.23. The Morgan fingerprint density at radius 3 is 2.75 bits per heavy atom. The molecule has 7 nitrogen and oxygen atoms in total. The molecule has 1 heterocycles. The molecule has 0 bridgehead atoms. The number of rotatable bonds is 9. The van der Waals surface area contributed by atoms with E-state index in [1.165, 1.54) is 6.08 Å². The molecular weight excluding hydrogens is 432 g/mol. The van der Waals surface area contributed by atoms with Gasteiger partial charge >= 0.3 is 5.97 Å². The van der Waals surface area contributed by atoms with Crippen LogP contribution >= 0.6 is 11.6 Å². The SMILES string of the molecule is CCOC(=O)C=CCOc1cccc(-c2nc(-c3ccc(OC(C)C)c(Cl)c3)no2)c1C. The van der Waals surface area contributed by atoms with Crippen LogP contribution in [0, 0.1) is 6.92 Å². The zero-order chi connectivity index (χ0) is 23.1. The summed E-state index contributed by atoms with van der Waals surface area (Å²) >= 11 is 6.33. The largest absolute Gasteiger partial charge is 0.489 e. The molecule has 32 heavy (non-hydrogen) atoms. The predicted octanol–water partition coefficient (Wildman–Crippen LogP) is 5.65. The van der Waals surface area contributed by atoms with Gasteiger partial charge in [0.1, 0.15) is 18.1 Å². The van der Waals surface area contributed by atoms with E-state index in [2.05, 4.69) is 10.1 Å². The first kappa shape index (κ1) is 23.3. The first-order chi connectivity index (χ1) is 15.4. The summed E-state index contributed by atoms with van der Waals surface area (Å²) in [6, 6.07) is 10.9. The average molecular weight is 457 g/mol. The number of benzene rings is 2. The fraction of sp³-hybridized carbons (Fsp3) is 0.292. The van der Waals surface area contributed by atoms with Crippen molar-refractivity contribution in [3.8, 4) is 34.3 Å². The van der Waals surface area contributed by atoms with E-state index < -0.39 is 5.97 Å². The third kappa shape index (κ3) is 5.88. The van der Waals surface area contributed by atoms with E-state index in [0.29, 0.717) is 34.8 Å². The number of carbonyl (C=O) groups excluding carboxylic acids is 1. The van der Waals surface area contributed by atoms with Crippen LogP contribution in [0.25, 0.3) is 22.8 Å². The summed E-state index contributed by atoms with van der Waals surface area (Å²) < 4.78 is 21.8. The zero-order valence-electron chi connectivity index (χ0n) is 18.4. The molecular formula is C24H25ClN2O5. The number of aromatic nitrogens is 2. The van der Waals surface area contributed by atoms with Gasteiger partial charge in [0, 0.05) is 22.8 Å². The zero-order valence-corrected chi connectivity index (χ0v) is 19.2. The molecule has 0 spiro atoms. The van der Waals surface area contributed by atoms with E-state index in [-0.39, 0.29) is 12.7 Å². The summed E-state index contributed by atoms with van der Waals surface area (Å²) in [4.78, 5) is 15.9. The fourth-order valence-electron chi connectivity index (χ4n) is 2.91. The van der Waals surface area contributed by atoms with Crippen LogP contribution in [0.2, 0.25) is 5.02 Å². The quantitative estimate of drug-likeness (QED) is 0.304. The van der Waals surface area contributed by atoms with Crippen LogP contribution in [0.3, 0.4) is 0 Å². The molecule has 0 atom stereocenters. The minimum atomic E-state index is -0.399. The fourth-order valence-corrected chi connectivity index (χ4v) is 3.14. The van der Waals surface area contributed by atoms with Gasteiger partial charge in [-0.1, -0.05) is 22.8 Å². The van der Waals surface area contributed by atoms with Gasteiger partial charge in [0.15, 0.2) is 0 Å². The van der Waals surface area contributed by atoms with E-state index in [1.54, 1.807) is 25.1 Å². The molecule has 0 unspecified atom stereocenters. The number of esters is 1. The van der Waals surface area contributed by atoms with Gasteiger partial charge in [0.25, 0.3) is 5.89 Å². The lowest BCUT2D eigenvalue weighted by atomic mass is 10.1. The Bertz CT molecular complexity index is 1110. The molecule has 1 aromatic heterocycles. The first-order valence-corrected chi connectivity index (χ1v) is 10.6. The van der Waals surface area contributed by atoms with Gasteiger partial charge in [-0.3, -0.25) is 0 Å². The lowest BCUT2D eigenvalue weighted by Gasteiger charge is -2.11. The van der Waals surface area contributed by atoms with Crippen molar-refractivity contribution in [2.45, 2.75) is 33.8 Å². The lowest BCUT2D eigenvalue weighted by molar-refractivity contribution is -0.137. The first-order valence-electron chi connectivity index (χ1n) is 10.3. The standard InChI is InChI=1S/C24H25ClN2O5/c1-5-29-22(28)10-7-13-30-20-9-6-8-18(16(20)4)24-26-23(27-32-24)17-11-12-21(19(25)14-17)31-15(2)3/h6-12,14-15H,5,13H2,1-4H3. The van der Waals surface area contributed by atoms with Gasteiger partial charge < -0.3 is 18.7 Å². The minimum absolute atomic E-state index is 0.0215. The normalized spacial score (nSPS) is 11.2. The second-order valence-electron chi connectivity index (χ2n) is 7.13. The molecule has 0 saturated carbocycles. The molecule has 3 rings (SSSR count). The molecule has 8 heteroatoms. The van der Waals surface area contributed by atoms with Crippen LogP contribution in [0.4, 0.5) is 0 Å². The Kier molecular flexibility index (Phi) is 7.89. The number of nitrogens with zero attached hydrogens (tertiary/aromatic N) is 2. The third-order valence-electron chi connectivity index (χ3n) is 4.37. The molecule has 0 aliphatic heterocycles. The molecule has 2 aromatic carbocycles. The Morgan fingerprint density at radius 2 is 2.03 bits per heavy atom. The summed E-state index contributed by atoms with van der Waals surface area (Å²) in [5.41, 5.74) is 2.31. The topological polar surface area (TPSA) is 83.7 Å². The second-order valence-corrected chi connectivity index (χ2v) is 7.54. The van der Waals surface area contributed by atoms with Gasteiger partial charge in [-0.2, -0.15) is 4.98 Å². The van der Waals surface area contributed by atoms with Crippen molar-refractivity contribution in [2.75, 3.05) is 13.2 Å². The summed E-state index contributed by atoms with van der Waals surface area (Å²) in [7, 11) is 0.